The van der Waals surface area contributed by atoms with Gasteiger partial charge in [-0.2, -0.15) is 0 Å². The van der Waals surface area contributed by atoms with Crippen molar-refractivity contribution in [2.24, 2.45) is 0 Å². The molecule has 1 saturated carbocycles. The van der Waals surface area contributed by atoms with Crippen LogP contribution in [0.4, 0.5) is 0 Å². The van der Waals surface area contributed by atoms with Crippen molar-refractivity contribution >= 4 is 0 Å². The van der Waals surface area contributed by atoms with Crippen LogP contribution in [0.15, 0.2) is 0 Å². The Hall–Kier alpha value is -0.0800. The van der Waals surface area contributed by atoms with E-state index in [1.807, 2.05) is 0 Å². The second-order valence-corrected chi connectivity index (χ2v) is 4.96. The Labute approximate surface area is 87.4 Å². The van der Waals surface area contributed by atoms with Gasteiger partial charge in [0.1, 0.15) is 5.72 Å². The van der Waals surface area contributed by atoms with Crippen molar-refractivity contribution < 1.29 is 4.74 Å². The van der Waals surface area contributed by atoms with E-state index < -0.39 is 0 Å². The summed E-state index contributed by atoms with van der Waals surface area (Å²) < 4.78 is 6.02. The van der Waals surface area contributed by atoms with Gasteiger partial charge in [0.25, 0.3) is 0 Å². The molecule has 1 aliphatic carbocycles. The topological polar surface area (TPSA) is 21.3 Å². The summed E-state index contributed by atoms with van der Waals surface area (Å²) in [6.07, 6.45) is 8.97. The van der Waals surface area contributed by atoms with E-state index in [0.717, 1.165) is 19.4 Å². The molecule has 1 saturated heterocycles. The molecule has 0 bridgehead atoms. The van der Waals surface area contributed by atoms with Gasteiger partial charge in [-0.1, -0.05) is 33.1 Å². The lowest BCUT2D eigenvalue weighted by atomic mass is 9.82. The maximum Gasteiger partial charge on any atom is 0.119 e. The molecule has 0 amide bonds. The molecule has 2 nitrogen and oxygen atoms in total. The van der Waals surface area contributed by atoms with Crippen LogP contribution < -0.4 is 5.32 Å². The first kappa shape index (κ1) is 10.4. The first-order chi connectivity index (χ1) is 6.74. The molecule has 2 heteroatoms. The minimum Gasteiger partial charge on any atom is -0.359 e. The highest BCUT2D eigenvalue weighted by Crippen LogP contribution is 2.38. The number of rotatable bonds is 2. The molecule has 0 unspecified atom stereocenters. The normalized spacial score (nSPS) is 29.6. The fraction of sp³-hybridized carbons (Fsp3) is 1.00. The number of ether oxygens (including phenoxy) is 1. The molecule has 0 atom stereocenters. The smallest absolute Gasteiger partial charge is 0.119 e. The third-order valence-corrected chi connectivity index (χ3v) is 4.07. The Morgan fingerprint density at radius 2 is 1.71 bits per heavy atom. The summed E-state index contributed by atoms with van der Waals surface area (Å²) in [6, 6.07) is 0. The first-order valence-corrected chi connectivity index (χ1v) is 6.17. The van der Waals surface area contributed by atoms with Crippen LogP contribution in [0.2, 0.25) is 0 Å². The molecule has 1 spiro atoms. The molecule has 2 fully saturated rings. The van der Waals surface area contributed by atoms with E-state index in [1.165, 1.54) is 32.1 Å². The van der Waals surface area contributed by atoms with Gasteiger partial charge in [0.15, 0.2) is 0 Å². The molecular weight excluding hydrogens is 174 g/mol. The average Bonchev–Trinajstić information content (AvgIpc) is 2.60. The number of nitrogens with one attached hydrogen (secondary N) is 1. The van der Waals surface area contributed by atoms with Crippen LogP contribution in [-0.2, 0) is 4.74 Å². The highest BCUT2D eigenvalue weighted by atomic mass is 16.5. The molecule has 1 N–H and O–H groups in total. The summed E-state index contributed by atoms with van der Waals surface area (Å²) in [7, 11) is 0. The van der Waals surface area contributed by atoms with Crippen LogP contribution in [-0.4, -0.2) is 17.9 Å². The van der Waals surface area contributed by atoms with Crippen LogP contribution in [0, 0.1) is 0 Å². The van der Waals surface area contributed by atoms with Crippen LogP contribution in [0.5, 0.6) is 0 Å². The third kappa shape index (κ3) is 1.70. The molecule has 1 aliphatic heterocycles. The van der Waals surface area contributed by atoms with Gasteiger partial charge >= 0.3 is 0 Å². The molecule has 0 radical (unpaired) electrons. The van der Waals surface area contributed by atoms with Gasteiger partial charge in [0, 0.05) is 5.54 Å². The summed E-state index contributed by atoms with van der Waals surface area (Å²) in [5.41, 5.74) is 0.335. The molecule has 2 rings (SSSR count). The SMILES string of the molecule is CCC1(CC)NC2(CCCCC2)CO1. The molecular formula is C12H23NO. The van der Waals surface area contributed by atoms with Crippen molar-refractivity contribution in [3.8, 4) is 0 Å². The van der Waals surface area contributed by atoms with Crippen molar-refractivity contribution in [3.05, 3.63) is 0 Å². The zero-order valence-electron chi connectivity index (χ0n) is 9.57. The predicted molar refractivity (Wildman–Crippen MR) is 58.2 cm³/mol. The fourth-order valence-corrected chi connectivity index (χ4v) is 2.96. The van der Waals surface area contributed by atoms with Crippen LogP contribution in [0.25, 0.3) is 0 Å². The van der Waals surface area contributed by atoms with Crippen molar-refractivity contribution in [1.82, 2.24) is 5.32 Å². The van der Waals surface area contributed by atoms with Gasteiger partial charge in [0.2, 0.25) is 0 Å². The predicted octanol–water partition coefficient (Wildman–Crippen LogP) is 2.83. The molecule has 0 aromatic carbocycles. The zero-order chi connectivity index (χ0) is 10.1. The third-order valence-electron chi connectivity index (χ3n) is 4.07. The van der Waals surface area contributed by atoms with Gasteiger partial charge in [-0.3, -0.25) is 5.32 Å². The maximum absolute atomic E-state index is 6.02. The molecule has 0 aromatic rings. The van der Waals surface area contributed by atoms with Gasteiger partial charge < -0.3 is 4.74 Å². The summed E-state index contributed by atoms with van der Waals surface area (Å²) in [4.78, 5) is 0. The summed E-state index contributed by atoms with van der Waals surface area (Å²) in [6.45, 7) is 5.38. The van der Waals surface area contributed by atoms with Crippen molar-refractivity contribution in [3.63, 3.8) is 0 Å². The van der Waals surface area contributed by atoms with Crippen LogP contribution in [0.1, 0.15) is 58.8 Å². The van der Waals surface area contributed by atoms with E-state index in [9.17, 15) is 0 Å². The van der Waals surface area contributed by atoms with Gasteiger partial charge in [0.05, 0.1) is 6.61 Å². The van der Waals surface area contributed by atoms with Crippen molar-refractivity contribution in [1.29, 1.82) is 0 Å². The Morgan fingerprint density at radius 3 is 2.21 bits per heavy atom. The van der Waals surface area contributed by atoms with Crippen LogP contribution in [0.3, 0.4) is 0 Å². The Morgan fingerprint density at radius 1 is 1.07 bits per heavy atom. The zero-order valence-corrected chi connectivity index (χ0v) is 9.57. The fourth-order valence-electron chi connectivity index (χ4n) is 2.96. The summed E-state index contributed by atoms with van der Waals surface area (Å²) in [5, 5.41) is 3.80. The number of hydrogen-bond acceptors (Lipinski definition) is 2. The maximum atomic E-state index is 6.02. The molecule has 0 aromatic heterocycles. The molecule has 2 aliphatic rings. The van der Waals surface area contributed by atoms with E-state index in [-0.39, 0.29) is 5.72 Å². The Kier molecular flexibility index (Phi) is 2.85. The average molecular weight is 197 g/mol. The quantitative estimate of drug-likeness (QED) is 0.735. The molecule has 82 valence electrons. The lowest BCUT2D eigenvalue weighted by Gasteiger charge is -2.35. The molecule has 14 heavy (non-hydrogen) atoms. The van der Waals surface area contributed by atoms with E-state index >= 15 is 0 Å². The van der Waals surface area contributed by atoms with Gasteiger partial charge in [-0.15, -0.1) is 0 Å². The number of hydrogen-bond donors (Lipinski definition) is 1. The van der Waals surface area contributed by atoms with Crippen molar-refractivity contribution in [2.45, 2.75) is 70.1 Å². The minimum atomic E-state index is -0.00264. The monoisotopic (exact) mass is 197 g/mol. The molecule has 1 heterocycles. The standard InChI is InChI=1S/C12H23NO/c1-3-12(4-2)13-11(10-14-12)8-6-5-7-9-11/h13H,3-10H2,1-2H3. The van der Waals surface area contributed by atoms with Crippen molar-refractivity contribution in [2.75, 3.05) is 6.61 Å². The largest absolute Gasteiger partial charge is 0.359 e. The lowest BCUT2D eigenvalue weighted by molar-refractivity contribution is -0.0163. The highest BCUT2D eigenvalue weighted by Gasteiger charge is 2.46. The lowest BCUT2D eigenvalue weighted by Crippen LogP contribution is -2.52. The first-order valence-electron chi connectivity index (χ1n) is 6.17. The Bertz CT molecular complexity index is 192. The minimum absolute atomic E-state index is 0.00264. The van der Waals surface area contributed by atoms with Gasteiger partial charge in [-0.25, -0.2) is 0 Å². The van der Waals surface area contributed by atoms with E-state index in [4.69, 9.17) is 4.74 Å². The second-order valence-electron chi connectivity index (χ2n) is 4.96. The second kappa shape index (κ2) is 3.82. The highest BCUT2D eigenvalue weighted by molar-refractivity contribution is 5.00. The Balaban J connectivity index is 2.04. The van der Waals surface area contributed by atoms with Gasteiger partial charge in [-0.05, 0) is 25.7 Å². The summed E-state index contributed by atoms with van der Waals surface area (Å²) >= 11 is 0. The van der Waals surface area contributed by atoms with E-state index in [2.05, 4.69) is 19.2 Å². The van der Waals surface area contributed by atoms with Crippen LogP contribution >= 0.6 is 0 Å². The van der Waals surface area contributed by atoms with E-state index in [0.29, 0.717) is 5.54 Å². The van der Waals surface area contributed by atoms with E-state index in [1.54, 1.807) is 0 Å². The summed E-state index contributed by atoms with van der Waals surface area (Å²) in [5.74, 6) is 0.